The van der Waals surface area contributed by atoms with Gasteiger partial charge in [-0.05, 0) is 15.9 Å². The van der Waals surface area contributed by atoms with Crippen LogP contribution in [0.2, 0.25) is 0 Å². The zero-order chi connectivity index (χ0) is 13.4. The number of nitrogens with zero attached hydrogens (tertiary/aromatic N) is 2. The van der Waals surface area contributed by atoms with E-state index in [4.69, 9.17) is 10.5 Å². The van der Waals surface area contributed by atoms with Gasteiger partial charge in [0.25, 0.3) is 0 Å². The standard InChI is InChI=1S/C11H10BrF2N3O/c1-17-8(15)4-6(16-17)9-5(13)3-7(18-2)10(12)11(9)14/h3-4H,15H2,1-2H3. The van der Waals surface area contributed by atoms with Crippen molar-refractivity contribution in [2.75, 3.05) is 12.8 Å². The second-order valence-corrected chi connectivity index (χ2v) is 4.43. The molecule has 0 aliphatic heterocycles. The number of rotatable bonds is 2. The molecule has 2 N–H and O–H groups in total. The number of anilines is 1. The maximum Gasteiger partial charge on any atom is 0.153 e. The lowest BCUT2D eigenvalue weighted by atomic mass is 10.1. The predicted molar refractivity (Wildman–Crippen MR) is 67.2 cm³/mol. The minimum absolute atomic E-state index is 0.0469. The molecule has 7 heteroatoms. The summed E-state index contributed by atoms with van der Waals surface area (Å²) in [6.07, 6.45) is 0. The van der Waals surface area contributed by atoms with Crippen molar-refractivity contribution < 1.29 is 13.5 Å². The number of ether oxygens (including phenoxy) is 1. The summed E-state index contributed by atoms with van der Waals surface area (Å²) in [6.45, 7) is 0. The van der Waals surface area contributed by atoms with Crippen molar-refractivity contribution in [3.8, 4) is 17.0 Å². The van der Waals surface area contributed by atoms with Gasteiger partial charge >= 0.3 is 0 Å². The van der Waals surface area contributed by atoms with Gasteiger partial charge in [-0.2, -0.15) is 5.10 Å². The van der Waals surface area contributed by atoms with Crippen LogP contribution in [0.3, 0.4) is 0 Å². The Morgan fingerprint density at radius 3 is 2.56 bits per heavy atom. The van der Waals surface area contributed by atoms with Crippen LogP contribution in [0.15, 0.2) is 16.6 Å². The molecule has 18 heavy (non-hydrogen) atoms. The van der Waals surface area contributed by atoms with Gasteiger partial charge < -0.3 is 10.5 Å². The smallest absolute Gasteiger partial charge is 0.153 e. The minimum atomic E-state index is -0.773. The highest BCUT2D eigenvalue weighted by Gasteiger charge is 2.21. The first-order chi connectivity index (χ1) is 8.45. The first-order valence-corrected chi connectivity index (χ1v) is 5.76. The topological polar surface area (TPSA) is 53.1 Å². The number of hydrogen-bond donors (Lipinski definition) is 1. The summed E-state index contributed by atoms with van der Waals surface area (Å²) in [5.74, 6) is -1.14. The number of nitrogens with two attached hydrogens (primary N) is 1. The lowest BCUT2D eigenvalue weighted by molar-refractivity contribution is 0.403. The summed E-state index contributed by atoms with van der Waals surface area (Å²) in [6, 6.07) is 2.49. The van der Waals surface area contributed by atoms with E-state index in [0.717, 1.165) is 6.07 Å². The third kappa shape index (κ3) is 1.94. The second kappa shape index (κ2) is 4.56. The van der Waals surface area contributed by atoms with Crippen LogP contribution >= 0.6 is 15.9 Å². The molecule has 0 aliphatic rings. The molecule has 0 radical (unpaired) electrons. The molecule has 1 aromatic carbocycles. The average molecular weight is 318 g/mol. The number of hydrogen-bond acceptors (Lipinski definition) is 3. The summed E-state index contributed by atoms with van der Waals surface area (Å²) in [5, 5.41) is 3.95. The fraction of sp³-hybridized carbons (Fsp3) is 0.182. The number of benzene rings is 1. The van der Waals surface area contributed by atoms with Gasteiger partial charge in [0, 0.05) is 19.2 Å². The van der Waals surface area contributed by atoms with Gasteiger partial charge in [0.15, 0.2) is 5.82 Å². The van der Waals surface area contributed by atoms with E-state index in [1.807, 2.05) is 0 Å². The minimum Gasteiger partial charge on any atom is -0.495 e. The Kier molecular flexibility index (Phi) is 3.25. The fourth-order valence-corrected chi connectivity index (χ4v) is 2.04. The molecular formula is C11H10BrF2N3O. The Balaban J connectivity index is 2.68. The molecule has 1 aromatic heterocycles. The van der Waals surface area contributed by atoms with Gasteiger partial charge in [-0.15, -0.1) is 0 Å². The van der Waals surface area contributed by atoms with Gasteiger partial charge in [0.05, 0.1) is 17.1 Å². The molecule has 4 nitrogen and oxygen atoms in total. The molecule has 0 atom stereocenters. The molecule has 96 valence electrons. The summed E-state index contributed by atoms with van der Waals surface area (Å²) in [5.41, 5.74) is 5.48. The molecule has 0 bridgehead atoms. The quantitative estimate of drug-likeness (QED) is 0.866. The number of halogens is 3. The van der Waals surface area contributed by atoms with Gasteiger partial charge in [-0.3, -0.25) is 4.68 Å². The first kappa shape index (κ1) is 12.8. The fourth-order valence-electron chi connectivity index (χ4n) is 1.56. The monoisotopic (exact) mass is 317 g/mol. The molecule has 0 saturated heterocycles. The lowest BCUT2D eigenvalue weighted by Crippen LogP contribution is -1.98. The lowest BCUT2D eigenvalue weighted by Gasteiger charge is -2.08. The third-order valence-electron chi connectivity index (χ3n) is 2.52. The van der Waals surface area contributed by atoms with E-state index >= 15 is 0 Å². The highest BCUT2D eigenvalue weighted by atomic mass is 79.9. The molecule has 1 heterocycles. The molecule has 0 spiro atoms. The van der Waals surface area contributed by atoms with Crippen molar-refractivity contribution in [1.82, 2.24) is 9.78 Å². The maximum absolute atomic E-state index is 14.1. The number of aryl methyl sites for hydroxylation is 1. The number of methoxy groups -OCH3 is 1. The van der Waals surface area contributed by atoms with Crippen molar-refractivity contribution in [3.05, 3.63) is 28.2 Å². The molecule has 0 aliphatic carbocycles. The molecular weight excluding hydrogens is 308 g/mol. The van der Waals surface area contributed by atoms with Crippen LogP contribution in [0, 0.1) is 11.6 Å². The normalized spacial score (nSPS) is 10.7. The zero-order valence-electron chi connectivity index (χ0n) is 9.67. The third-order valence-corrected chi connectivity index (χ3v) is 3.26. The van der Waals surface area contributed by atoms with E-state index < -0.39 is 11.6 Å². The summed E-state index contributed by atoms with van der Waals surface area (Å²) >= 11 is 3.02. The summed E-state index contributed by atoms with van der Waals surface area (Å²) in [4.78, 5) is 0. The van der Waals surface area contributed by atoms with Crippen LogP contribution in [0.1, 0.15) is 0 Å². The van der Waals surface area contributed by atoms with Gasteiger partial charge in [-0.25, -0.2) is 8.78 Å². The Morgan fingerprint density at radius 2 is 2.06 bits per heavy atom. The van der Waals surface area contributed by atoms with Gasteiger partial charge in [0.1, 0.15) is 23.1 Å². The van der Waals surface area contributed by atoms with Crippen LogP contribution in [0.4, 0.5) is 14.6 Å². The van der Waals surface area contributed by atoms with E-state index in [2.05, 4.69) is 21.0 Å². The van der Waals surface area contributed by atoms with E-state index in [0.29, 0.717) is 5.82 Å². The highest BCUT2D eigenvalue weighted by Crippen LogP contribution is 2.36. The van der Waals surface area contributed by atoms with Gasteiger partial charge in [-0.1, -0.05) is 0 Å². The molecule has 2 aromatic rings. The largest absolute Gasteiger partial charge is 0.495 e. The van der Waals surface area contributed by atoms with Crippen molar-refractivity contribution in [2.24, 2.45) is 7.05 Å². The van der Waals surface area contributed by atoms with Crippen LogP contribution < -0.4 is 10.5 Å². The van der Waals surface area contributed by atoms with Crippen LogP contribution in [-0.2, 0) is 7.05 Å². The molecule has 0 unspecified atom stereocenters. The number of aromatic nitrogens is 2. The Bertz CT molecular complexity index is 593. The molecule has 0 amide bonds. The summed E-state index contributed by atoms with van der Waals surface area (Å²) in [7, 11) is 2.92. The highest BCUT2D eigenvalue weighted by molar-refractivity contribution is 9.10. The SMILES string of the molecule is COc1cc(F)c(-c2cc(N)n(C)n2)c(F)c1Br. The van der Waals surface area contributed by atoms with Crippen LogP contribution in [0.25, 0.3) is 11.3 Å². The maximum atomic E-state index is 14.1. The van der Waals surface area contributed by atoms with Crippen LogP contribution in [0.5, 0.6) is 5.75 Å². The van der Waals surface area contributed by atoms with E-state index in [9.17, 15) is 8.78 Å². The molecule has 0 fully saturated rings. The molecule has 2 rings (SSSR count). The Labute approximate surface area is 110 Å². The van der Waals surface area contributed by atoms with Crippen LogP contribution in [-0.4, -0.2) is 16.9 Å². The van der Waals surface area contributed by atoms with Crippen molar-refractivity contribution in [1.29, 1.82) is 0 Å². The van der Waals surface area contributed by atoms with E-state index in [1.165, 1.54) is 17.9 Å². The molecule has 0 saturated carbocycles. The summed E-state index contributed by atoms with van der Waals surface area (Å²) < 4.78 is 34.2. The second-order valence-electron chi connectivity index (χ2n) is 3.64. The van der Waals surface area contributed by atoms with Crippen molar-refractivity contribution >= 4 is 21.7 Å². The predicted octanol–water partition coefficient (Wildman–Crippen LogP) is 2.72. The van der Waals surface area contributed by atoms with Crippen molar-refractivity contribution in [2.45, 2.75) is 0 Å². The van der Waals surface area contributed by atoms with E-state index in [1.54, 1.807) is 7.05 Å². The van der Waals surface area contributed by atoms with E-state index in [-0.39, 0.29) is 21.5 Å². The average Bonchev–Trinajstić information content (AvgIpc) is 2.64. The van der Waals surface area contributed by atoms with Gasteiger partial charge in [0.2, 0.25) is 0 Å². The zero-order valence-corrected chi connectivity index (χ0v) is 11.3. The Morgan fingerprint density at radius 1 is 1.39 bits per heavy atom. The first-order valence-electron chi connectivity index (χ1n) is 4.97. The number of nitrogen functional groups attached to an aromatic ring is 1. The van der Waals surface area contributed by atoms with Crippen molar-refractivity contribution in [3.63, 3.8) is 0 Å². The Hall–Kier alpha value is -1.63.